The summed E-state index contributed by atoms with van der Waals surface area (Å²) in [7, 11) is 1.19. The van der Waals surface area contributed by atoms with Crippen molar-refractivity contribution in [2.24, 2.45) is 5.11 Å². The highest BCUT2D eigenvalue weighted by Gasteiger charge is 2.66. The van der Waals surface area contributed by atoms with Crippen LogP contribution in [0.15, 0.2) is 5.11 Å². The predicted molar refractivity (Wildman–Crippen MR) is 58.3 cm³/mol. The maximum absolute atomic E-state index is 11.9. The molecule has 8 heteroatoms. The van der Waals surface area contributed by atoms with E-state index < -0.39 is 35.8 Å². The molecule has 2 rings (SSSR count). The zero-order valence-corrected chi connectivity index (χ0v) is 10.6. The van der Waals surface area contributed by atoms with Gasteiger partial charge in [-0.05, 0) is 31.4 Å². The number of nitrogens with zero attached hydrogens (tertiary/aromatic N) is 3. The Kier molecular flexibility index (Phi) is 2.98. The quantitative estimate of drug-likeness (QED) is 0.319. The second-order valence-corrected chi connectivity index (χ2v) is 4.72. The lowest BCUT2D eigenvalue weighted by molar-refractivity contribution is -0.215. The molecule has 0 spiro atoms. The van der Waals surface area contributed by atoms with Gasteiger partial charge in [-0.15, -0.1) is 0 Å². The van der Waals surface area contributed by atoms with Crippen LogP contribution in [-0.2, 0) is 23.7 Å². The first-order chi connectivity index (χ1) is 8.36. The molecule has 2 heterocycles. The molecule has 0 aromatic carbocycles. The molecule has 0 bridgehead atoms. The average molecular weight is 257 g/mol. The molecule has 0 saturated carbocycles. The van der Waals surface area contributed by atoms with Gasteiger partial charge in [-0.1, -0.05) is 0 Å². The number of rotatable bonds is 2. The summed E-state index contributed by atoms with van der Waals surface area (Å²) in [4.78, 5) is 14.5. The van der Waals surface area contributed by atoms with Gasteiger partial charge in [-0.2, -0.15) is 0 Å². The van der Waals surface area contributed by atoms with Crippen LogP contribution in [0.3, 0.4) is 0 Å². The Morgan fingerprint density at radius 2 is 2.06 bits per heavy atom. The molecule has 2 fully saturated rings. The Morgan fingerprint density at radius 1 is 1.39 bits per heavy atom. The van der Waals surface area contributed by atoms with Gasteiger partial charge in [0.05, 0.1) is 13.2 Å². The van der Waals surface area contributed by atoms with Gasteiger partial charge in [0, 0.05) is 4.91 Å². The van der Waals surface area contributed by atoms with Crippen molar-refractivity contribution >= 4 is 5.97 Å². The van der Waals surface area contributed by atoms with Crippen LogP contribution in [0.25, 0.3) is 10.4 Å². The maximum atomic E-state index is 11.9. The summed E-state index contributed by atoms with van der Waals surface area (Å²) in [6, 6.07) is 0. The van der Waals surface area contributed by atoms with E-state index in [1.165, 1.54) is 7.11 Å². The van der Waals surface area contributed by atoms with Crippen LogP contribution in [0.5, 0.6) is 0 Å². The molecule has 4 atom stereocenters. The third-order valence-electron chi connectivity index (χ3n) is 3.01. The molecule has 0 unspecified atom stereocenters. The van der Waals surface area contributed by atoms with Gasteiger partial charge in [0.2, 0.25) is 0 Å². The fourth-order valence-electron chi connectivity index (χ4n) is 2.35. The molecule has 100 valence electrons. The first-order valence-corrected chi connectivity index (χ1v) is 5.54. The van der Waals surface area contributed by atoms with Crippen molar-refractivity contribution in [3.63, 3.8) is 0 Å². The third kappa shape index (κ3) is 1.74. The molecule has 0 aromatic rings. The maximum Gasteiger partial charge on any atom is 0.347 e. The van der Waals surface area contributed by atoms with Gasteiger partial charge in [0.25, 0.3) is 5.72 Å². The summed E-state index contributed by atoms with van der Waals surface area (Å²) in [6.45, 7) is 5.16. The number of carbonyl (C=O) groups excluding carboxylic acids is 1. The summed E-state index contributed by atoms with van der Waals surface area (Å²) in [5, 5.41) is 3.46. The predicted octanol–water partition coefficient (Wildman–Crippen LogP) is 1.10. The Bertz CT molecular complexity index is 420. The van der Waals surface area contributed by atoms with Crippen molar-refractivity contribution in [2.75, 3.05) is 7.11 Å². The van der Waals surface area contributed by atoms with Crippen molar-refractivity contribution in [3.05, 3.63) is 10.4 Å². The smallest absolute Gasteiger partial charge is 0.347 e. The highest BCUT2D eigenvalue weighted by molar-refractivity contribution is 5.81. The van der Waals surface area contributed by atoms with E-state index in [2.05, 4.69) is 14.8 Å². The summed E-state index contributed by atoms with van der Waals surface area (Å²) in [5.41, 5.74) is 6.83. The van der Waals surface area contributed by atoms with Gasteiger partial charge >= 0.3 is 5.97 Å². The first kappa shape index (κ1) is 13.1. The van der Waals surface area contributed by atoms with Gasteiger partial charge in [-0.25, -0.2) is 4.79 Å². The van der Waals surface area contributed by atoms with Gasteiger partial charge in [-0.3, -0.25) is 0 Å². The normalized spacial score (nSPS) is 41.0. The van der Waals surface area contributed by atoms with Crippen molar-refractivity contribution in [1.29, 1.82) is 0 Å². The molecular formula is C10H15N3O5. The van der Waals surface area contributed by atoms with E-state index in [-0.39, 0.29) is 0 Å². The standard InChI is InChI=1S/C10H15N3O5/c1-5-6-7(18-9(2,3)17-6)10(16-5,12-13-11)8(14)15-4/h5-7H,1-4H3/t5-,6+,7+,10+/m0/s1. The Morgan fingerprint density at radius 3 is 2.61 bits per heavy atom. The largest absolute Gasteiger partial charge is 0.467 e. The summed E-state index contributed by atoms with van der Waals surface area (Å²) in [5.74, 6) is -1.65. The second-order valence-electron chi connectivity index (χ2n) is 4.72. The molecule has 0 N–H and O–H groups in total. The highest BCUT2D eigenvalue weighted by Crippen LogP contribution is 2.45. The number of hydrogen-bond acceptors (Lipinski definition) is 6. The van der Waals surface area contributed by atoms with Crippen LogP contribution in [-0.4, -0.2) is 42.9 Å². The number of esters is 1. The molecule has 2 aliphatic heterocycles. The average Bonchev–Trinajstić information content (AvgIpc) is 2.74. The minimum Gasteiger partial charge on any atom is -0.467 e. The summed E-state index contributed by atoms with van der Waals surface area (Å²) in [6.07, 6.45) is -1.74. The van der Waals surface area contributed by atoms with E-state index in [4.69, 9.17) is 19.7 Å². The van der Waals surface area contributed by atoms with E-state index in [1.54, 1.807) is 20.8 Å². The van der Waals surface area contributed by atoms with Gasteiger partial charge in [0.15, 0.2) is 5.79 Å². The molecular weight excluding hydrogens is 242 g/mol. The zero-order valence-electron chi connectivity index (χ0n) is 10.6. The van der Waals surface area contributed by atoms with Crippen LogP contribution >= 0.6 is 0 Å². The first-order valence-electron chi connectivity index (χ1n) is 5.54. The number of ether oxygens (including phenoxy) is 4. The molecule has 8 nitrogen and oxygen atoms in total. The lowest BCUT2D eigenvalue weighted by Crippen LogP contribution is -2.48. The minimum atomic E-state index is -1.82. The molecule has 2 aliphatic rings. The topological polar surface area (TPSA) is 103 Å². The number of fused-ring (bicyclic) bond motifs is 1. The molecule has 0 aromatic heterocycles. The van der Waals surface area contributed by atoms with Crippen molar-refractivity contribution in [1.82, 2.24) is 0 Å². The van der Waals surface area contributed by atoms with E-state index in [0.717, 1.165) is 0 Å². The Hall–Kier alpha value is -1.34. The molecule has 0 radical (unpaired) electrons. The fraction of sp³-hybridized carbons (Fsp3) is 0.900. The van der Waals surface area contributed by atoms with E-state index in [1.807, 2.05) is 0 Å². The number of carbonyl (C=O) groups is 1. The third-order valence-corrected chi connectivity index (χ3v) is 3.01. The fourth-order valence-corrected chi connectivity index (χ4v) is 2.35. The Labute approximate surface area is 104 Å². The monoisotopic (exact) mass is 257 g/mol. The van der Waals surface area contributed by atoms with Crippen molar-refractivity contribution < 1.29 is 23.7 Å². The number of azide groups is 1. The SMILES string of the molecule is COC(=O)[C@]1(N=[N+]=[N-])O[C@@H](C)[C@H]2OC(C)(C)O[C@H]21. The van der Waals surface area contributed by atoms with Gasteiger partial charge < -0.3 is 18.9 Å². The second kappa shape index (κ2) is 4.10. The molecule has 2 saturated heterocycles. The molecule has 0 amide bonds. The molecule has 0 aliphatic carbocycles. The molecule has 18 heavy (non-hydrogen) atoms. The van der Waals surface area contributed by atoms with Crippen LogP contribution in [0, 0.1) is 0 Å². The van der Waals surface area contributed by atoms with Crippen LogP contribution in [0.2, 0.25) is 0 Å². The zero-order chi connectivity index (χ0) is 13.6. The van der Waals surface area contributed by atoms with E-state index >= 15 is 0 Å². The summed E-state index contributed by atoms with van der Waals surface area (Å²) < 4.78 is 21.4. The number of methoxy groups -OCH3 is 1. The van der Waals surface area contributed by atoms with Crippen LogP contribution < -0.4 is 0 Å². The lowest BCUT2D eigenvalue weighted by atomic mass is 10.0. The van der Waals surface area contributed by atoms with E-state index in [0.29, 0.717) is 0 Å². The highest BCUT2D eigenvalue weighted by atomic mass is 16.8. The lowest BCUT2D eigenvalue weighted by Gasteiger charge is -2.27. The van der Waals surface area contributed by atoms with Gasteiger partial charge in [0.1, 0.15) is 12.2 Å². The van der Waals surface area contributed by atoms with E-state index in [9.17, 15) is 4.79 Å². The van der Waals surface area contributed by atoms with Crippen LogP contribution in [0.4, 0.5) is 0 Å². The van der Waals surface area contributed by atoms with Crippen molar-refractivity contribution in [3.8, 4) is 0 Å². The Balaban J connectivity index is 2.43. The minimum absolute atomic E-state index is 0.443. The van der Waals surface area contributed by atoms with Crippen molar-refractivity contribution in [2.45, 2.75) is 50.6 Å². The number of hydrogen-bond donors (Lipinski definition) is 0. The van der Waals surface area contributed by atoms with Crippen LogP contribution in [0.1, 0.15) is 20.8 Å². The summed E-state index contributed by atoms with van der Waals surface area (Å²) >= 11 is 0.